The molecule has 0 atom stereocenters. The van der Waals surface area contributed by atoms with Crippen molar-refractivity contribution < 1.29 is 9.53 Å². The number of carbonyl (C=O) groups is 1. The van der Waals surface area contributed by atoms with Crippen LogP contribution in [0.25, 0.3) is 0 Å². The van der Waals surface area contributed by atoms with Gasteiger partial charge in [-0.15, -0.1) is 0 Å². The van der Waals surface area contributed by atoms with Crippen LogP contribution in [0.4, 0.5) is 5.69 Å². The van der Waals surface area contributed by atoms with E-state index in [1.54, 1.807) is 37.4 Å². The van der Waals surface area contributed by atoms with Crippen LogP contribution in [0.5, 0.6) is 5.75 Å². The van der Waals surface area contributed by atoms with E-state index < -0.39 is 0 Å². The van der Waals surface area contributed by atoms with Crippen molar-refractivity contribution in [3.05, 3.63) is 58.1 Å². The lowest BCUT2D eigenvalue weighted by atomic mass is 9.95. The lowest BCUT2D eigenvalue weighted by Crippen LogP contribution is -2.09. The molecule has 2 aromatic rings. The molecular formula is C16H16ClNO2. The minimum atomic E-state index is -0.138. The molecule has 0 bridgehead atoms. The largest absolute Gasteiger partial charge is 0.496 e. The molecule has 3 nitrogen and oxygen atoms in total. The molecule has 0 aliphatic rings. The molecule has 0 unspecified atom stereocenters. The number of ether oxygens (including phenoxy) is 1. The molecule has 0 saturated carbocycles. The van der Waals surface area contributed by atoms with Crippen molar-refractivity contribution in [1.29, 1.82) is 0 Å². The third-order valence-electron chi connectivity index (χ3n) is 3.21. The zero-order valence-electron chi connectivity index (χ0n) is 11.4. The molecule has 20 heavy (non-hydrogen) atoms. The first kappa shape index (κ1) is 14.4. The van der Waals surface area contributed by atoms with E-state index in [9.17, 15) is 4.79 Å². The molecule has 0 heterocycles. The summed E-state index contributed by atoms with van der Waals surface area (Å²) in [6, 6.07) is 10.3. The number of nitrogen functional groups attached to an aromatic ring is 1. The molecule has 104 valence electrons. The summed E-state index contributed by atoms with van der Waals surface area (Å²) in [5, 5.41) is 0.489. The van der Waals surface area contributed by atoms with Gasteiger partial charge >= 0.3 is 0 Å². The van der Waals surface area contributed by atoms with E-state index in [2.05, 4.69) is 0 Å². The van der Waals surface area contributed by atoms with Crippen molar-refractivity contribution in [3.63, 3.8) is 0 Å². The van der Waals surface area contributed by atoms with Gasteiger partial charge in [0.1, 0.15) is 5.75 Å². The molecule has 0 aliphatic carbocycles. The number of benzene rings is 2. The number of carbonyl (C=O) groups excluding carboxylic acids is 1. The third kappa shape index (κ3) is 2.63. The maximum absolute atomic E-state index is 12.7. The molecule has 0 aliphatic heterocycles. The van der Waals surface area contributed by atoms with E-state index in [0.29, 0.717) is 34.0 Å². The van der Waals surface area contributed by atoms with Gasteiger partial charge < -0.3 is 10.5 Å². The average Bonchev–Trinajstić information content (AvgIpc) is 2.48. The molecule has 0 aromatic heterocycles. The SMILES string of the molecule is CCc1c(OC)cccc1C(=O)c1cc(Cl)ccc1N. The summed E-state index contributed by atoms with van der Waals surface area (Å²) in [5.41, 5.74) is 8.19. The van der Waals surface area contributed by atoms with Gasteiger partial charge in [-0.1, -0.05) is 30.7 Å². The summed E-state index contributed by atoms with van der Waals surface area (Å²) in [5.74, 6) is 0.569. The summed E-state index contributed by atoms with van der Waals surface area (Å²) in [6.45, 7) is 1.98. The van der Waals surface area contributed by atoms with E-state index in [1.807, 2.05) is 13.0 Å². The van der Waals surface area contributed by atoms with Crippen molar-refractivity contribution in [2.24, 2.45) is 0 Å². The van der Waals surface area contributed by atoms with Crippen LogP contribution in [0.15, 0.2) is 36.4 Å². The highest BCUT2D eigenvalue weighted by atomic mass is 35.5. The molecular weight excluding hydrogens is 274 g/mol. The number of methoxy groups -OCH3 is 1. The Bertz CT molecular complexity index is 653. The molecule has 2 aromatic carbocycles. The summed E-state index contributed by atoms with van der Waals surface area (Å²) in [7, 11) is 1.59. The molecule has 0 amide bonds. The first-order chi connectivity index (χ1) is 9.58. The van der Waals surface area contributed by atoms with Crippen LogP contribution >= 0.6 is 11.6 Å². The number of ketones is 1. The zero-order valence-corrected chi connectivity index (χ0v) is 12.2. The maximum atomic E-state index is 12.7. The van der Waals surface area contributed by atoms with E-state index in [-0.39, 0.29) is 5.78 Å². The van der Waals surface area contributed by atoms with Gasteiger partial charge in [0.15, 0.2) is 5.78 Å². The topological polar surface area (TPSA) is 52.3 Å². The normalized spacial score (nSPS) is 10.3. The fourth-order valence-corrected chi connectivity index (χ4v) is 2.38. The van der Waals surface area contributed by atoms with Crippen molar-refractivity contribution in [3.8, 4) is 5.75 Å². The highest BCUT2D eigenvalue weighted by Crippen LogP contribution is 2.27. The first-order valence-corrected chi connectivity index (χ1v) is 6.71. The second-order valence-corrected chi connectivity index (χ2v) is 4.84. The van der Waals surface area contributed by atoms with Gasteiger partial charge in [-0.3, -0.25) is 4.79 Å². The lowest BCUT2D eigenvalue weighted by molar-refractivity contribution is 0.103. The second-order valence-electron chi connectivity index (χ2n) is 4.40. The maximum Gasteiger partial charge on any atom is 0.195 e. The summed E-state index contributed by atoms with van der Waals surface area (Å²) in [6.07, 6.45) is 0.700. The van der Waals surface area contributed by atoms with Crippen LogP contribution in [-0.4, -0.2) is 12.9 Å². The fraction of sp³-hybridized carbons (Fsp3) is 0.188. The van der Waals surface area contributed by atoms with Gasteiger partial charge in [-0.25, -0.2) is 0 Å². The quantitative estimate of drug-likeness (QED) is 0.689. The Hall–Kier alpha value is -2.00. The van der Waals surface area contributed by atoms with Gasteiger partial charge in [0, 0.05) is 27.4 Å². The van der Waals surface area contributed by atoms with E-state index in [0.717, 1.165) is 5.56 Å². The standard InChI is InChI=1S/C16H16ClNO2/c1-3-11-12(5-4-6-15(11)20-2)16(19)13-9-10(17)7-8-14(13)18/h4-9H,3,18H2,1-2H3. The first-order valence-electron chi connectivity index (χ1n) is 6.34. The van der Waals surface area contributed by atoms with E-state index in [1.165, 1.54) is 0 Å². The summed E-state index contributed by atoms with van der Waals surface area (Å²) in [4.78, 5) is 12.7. The van der Waals surface area contributed by atoms with Crippen molar-refractivity contribution in [2.75, 3.05) is 12.8 Å². The Morgan fingerprint density at radius 1 is 1.25 bits per heavy atom. The van der Waals surface area contributed by atoms with Gasteiger partial charge in [0.25, 0.3) is 0 Å². The van der Waals surface area contributed by atoms with Gasteiger partial charge in [0.2, 0.25) is 0 Å². The average molecular weight is 290 g/mol. The Balaban J connectivity index is 2.56. The lowest BCUT2D eigenvalue weighted by Gasteiger charge is -2.12. The van der Waals surface area contributed by atoms with Crippen LogP contribution in [-0.2, 0) is 6.42 Å². The second kappa shape index (κ2) is 5.97. The number of rotatable bonds is 4. The molecule has 4 heteroatoms. The molecule has 0 spiro atoms. The Morgan fingerprint density at radius 2 is 2.00 bits per heavy atom. The zero-order chi connectivity index (χ0) is 14.7. The number of halogens is 1. The smallest absolute Gasteiger partial charge is 0.195 e. The Morgan fingerprint density at radius 3 is 2.65 bits per heavy atom. The van der Waals surface area contributed by atoms with Crippen molar-refractivity contribution >= 4 is 23.1 Å². The van der Waals surface area contributed by atoms with Gasteiger partial charge in [-0.2, -0.15) is 0 Å². The molecule has 0 radical (unpaired) electrons. The highest BCUT2D eigenvalue weighted by Gasteiger charge is 2.18. The number of anilines is 1. The van der Waals surface area contributed by atoms with Gasteiger partial charge in [0.05, 0.1) is 7.11 Å². The molecule has 2 rings (SSSR count). The fourth-order valence-electron chi connectivity index (χ4n) is 2.20. The molecule has 0 fully saturated rings. The van der Waals surface area contributed by atoms with E-state index >= 15 is 0 Å². The van der Waals surface area contributed by atoms with E-state index in [4.69, 9.17) is 22.1 Å². The summed E-state index contributed by atoms with van der Waals surface area (Å²) < 4.78 is 5.31. The Kier molecular flexibility index (Phi) is 4.30. The molecule has 2 N–H and O–H groups in total. The third-order valence-corrected chi connectivity index (χ3v) is 3.45. The minimum Gasteiger partial charge on any atom is -0.496 e. The van der Waals surface area contributed by atoms with Gasteiger partial charge in [-0.05, 0) is 30.7 Å². The highest BCUT2D eigenvalue weighted by molar-refractivity contribution is 6.31. The van der Waals surface area contributed by atoms with Crippen LogP contribution in [0.2, 0.25) is 5.02 Å². The van der Waals surface area contributed by atoms with Crippen LogP contribution < -0.4 is 10.5 Å². The monoisotopic (exact) mass is 289 g/mol. The van der Waals surface area contributed by atoms with Crippen LogP contribution in [0, 0.1) is 0 Å². The van der Waals surface area contributed by atoms with Crippen LogP contribution in [0.3, 0.4) is 0 Å². The van der Waals surface area contributed by atoms with Crippen LogP contribution in [0.1, 0.15) is 28.4 Å². The summed E-state index contributed by atoms with van der Waals surface area (Å²) >= 11 is 5.95. The van der Waals surface area contributed by atoms with Crippen molar-refractivity contribution in [2.45, 2.75) is 13.3 Å². The van der Waals surface area contributed by atoms with Crippen molar-refractivity contribution in [1.82, 2.24) is 0 Å². The Labute approximate surface area is 123 Å². The number of hydrogen-bond acceptors (Lipinski definition) is 3. The predicted molar refractivity (Wildman–Crippen MR) is 81.7 cm³/mol. The number of hydrogen-bond donors (Lipinski definition) is 1. The predicted octanol–water partition coefficient (Wildman–Crippen LogP) is 3.72. The minimum absolute atomic E-state index is 0.138. The number of nitrogens with two attached hydrogens (primary N) is 1. The molecule has 0 saturated heterocycles.